The van der Waals surface area contributed by atoms with Crippen molar-refractivity contribution >= 4 is 27.1 Å². The summed E-state index contributed by atoms with van der Waals surface area (Å²) in [5, 5.41) is 0.596. The summed E-state index contributed by atoms with van der Waals surface area (Å²) in [6.07, 6.45) is 1.18. The third-order valence-corrected chi connectivity index (χ3v) is 5.17. The normalized spacial score (nSPS) is 14.0. The lowest BCUT2D eigenvalue weighted by molar-refractivity contribution is 0.288. The van der Waals surface area contributed by atoms with Gasteiger partial charge in [-0.15, -0.1) is 0 Å². The minimum absolute atomic E-state index is 0.253. The van der Waals surface area contributed by atoms with Gasteiger partial charge in [0, 0.05) is 6.26 Å². The molecule has 128 valence electrons. The standard InChI is InChI=1S/C17H18ClNO4S/c1-24(20,21)14-5-2-4-13(12-14)22-10-8-19-9-11-23-17-15(18)6-3-7-16(17)19/h2-7,12H,8-11H2,1H3. The maximum atomic E-state index is 11.6. The Morgan fingerprint density at radius 3 is 2.83 bits per heavy atom. The van der Waals surface area contributed by atoms with Gasteiger partial charge in [0.05, 0.1) is 28.7 Å². The Balaban J connectivity index is 1.65. The van der Waals surface area contributed by atoms with Crippen molar-refractivity contribution in [3.63, 3.8) is 0 Å². The molecule has 0 fully saturated rings. The predicted octanol–water partition coefficient (Wildman–Crippen LogP) is 3.02. The Kier molecular flexibility index (Phi) is 4.87. The van der Waals surface area contributed by atoms with E-state index in [1.807, 2.05) is 12.1 Å². The summed E-state index contributed by atoms with van der Waals surface area (Å²) in [6.45, 7) is 2.40. The van der Waals surface area contributed by atoms with Gasteiger partial charge in [0.1, 0.15) is 19.0 Å². The summed E-state index contributed by atoms with van der Waals surface area (Å²) in [6, 6.07) is 12.2. The van der Waals surface area contributed by atoms with Gasteiger partial charge < -0.3 is 14.4 Å². The second kappa shape index (κ2) is 6.91. The van der Waals surface area contributed by atoms with Gasteiger partial charge in [-0.1, -0.05) is 23.7 Å². The molecule has 0 saturated heterocycles. The van der Waals surface area contributed by atoms with Crippen LogP contribution in [0.5, 0.6) is 11.5 Å². The molecule has 1 aliphatic rings. The highest BCUT2D eigenvalue weighted by atomic mass is 35.5. The smallest absolute Gasteiger partial charge is 0.175 e. The zero-order valence-electron chi connectivity index (χ0n) is 13.2. The zero-order chi connectivity index (χ0) is 17.2. The molecule has 0 radical (unpaired) electrons. The SMILES string of the molecule is CS(=O)(=O)c1cccc(OCCN2CCOc3c(Cl)cccc32)c1. The molecule has 2 aromatic carbocycles. The molecule has 7 heteroatoms. The fourth-order valence-corrected chi connectivity index (χ4v) is 3.45. The molecule has 5 nitrogen and oxygen atoms in total. The first-order valence-electron chi connectivity index (χ1n) is 7.54. The Hall–Kier alpha value is -1.92. The summed E-state index contributed by atoms with van der Waals surface area (Å²) in [5.74, 6) is 1.24. The van der Waals surface area contributed by atoms with Crippen LogP contribution in [0.15, 0.2) is 47.4 Å². The first-order chi connectivity index (χ1) is 11.4. The molecule has 0 saturated carbocycles. The fourth-order valence-electron chi connectivity index (χ4n) is 2.57. The number of sulfone groups is 1. The number of ether oxygens (including phenoxy) is 2. The Morgan fingerprint density at radius 1 is 1.25 bits per heavy atom. The van der Waals surface area contributed by atoms with Crippen LogP contribution in [0.3, 0.4) is 0 Å². The van der Waals surface area contributed by atoms with Crippen LogP contribution < -0.4 is 14.4 Å². The summed E-state index contributed by atoms with van der Waals surface area (Å²) >= 11 is 6.16. The summed E-state index contributed by atoms with van der Waals surface area (Å²) in [5.41, 5.74) is 0.947. The topological polar surface area (TPSA) is 55.8 Å². The lowest BCUT2D eigenvalue weighted by Crippen LogP contribution is -2.35. The molecule has 0 N–H and O–H groups in total. The molecular weight excluding hydrogens is 350 g/mol. The molecule has 0 amide bonds. The van der Waals surface area contributed by atoms with Crippen LogP contribution in [0.2, 0.25) is 5.02 Å². The maximum Gasteiger partial charge on any atom is 0.175 e. The number of halogens is 1. The van der Waals surface area contributed by atoms with E-state index in [-0.39, 0.29) is 4.90 Å². The van der Waals surface area contributed by atoms with Crippen LogP contribution in [0, 0.1) is 0 Å². The van der Waals surface area contributed by atoms with Crippen LogP contribution >= 0.6 is 11.6 Å². The molecule has 3 rings (SSSR count). The van der Waals surface area contributed by atoms with E-state index in [1.165, 1.54) is 6.26 Å². The Bertz CT molecular complexity index is 838. The van der Waals surface area contributed by atoms with Crippen molar-refractivity contribution < 1.29 is 17.9 Å². The van der Waals surface area contributed by atoms with Crippen LogP contribution in [0.4, 0.5) is 5.69 Å². The second-order valence-electron chi connectivity index (χ2n) is 5.52. The van der Waals surface area contributed by atoms with Gasteiger partial charge in [-0.25, -0.2) is 8.42 Å². The van der Waals surface area contributed by atoms with Gasteiger partial charge in [-0.2, -0.15) is 0 Å². The second-order valence-corrected chi connectivity index (χ2v) is 7.94. The van der Waals surface area contributed by atoms with Crippen LogP contribution in [-0.2, 0) is 9.84 Å². The van der Waals surface area contributed by atoms with Crippen molar-refractivity contribution in [3.8, 4) is 11.5 Å². The molecular formula is C17H18ClNO4S. The van der Waals surface area contributed by atoms with E-state index in [4.69, 9.17) is 21.1 Å². The van der Waals surface area contributed by atoms with Crippen LogP contribution in [0.25, 0.3) is 0 Å². The quantitative estimate of drug-likeness (QED) is 0.813. The Labute approximate surface area is 146 Å². The molecule has 2 aromatic rings. The molecule has 1 aliphatic heterocycles. The highest BCUT2D eigenvalue weighted by Crippen LogP contribution is 2.37. The van der Waals surface area contributed by atoms with Gasteiger partial charge in [0.15, 0.2) is 15.6 Å². The zero-order valence-corrected chi connectivity index (χ0v) is 14.8. The molecule has 0 aliphatic carbocycles. The van der Waals surface area contributed by atoms with Crippen LogP contribution in [-0.4, -0.2) is 41.0 Å². The first kappa shape index (κ1) is 16.9. The average Bonchev–Trinajstić information content (AvgIpc) is 2.55. The third-order valence-electron chi connectivity index (χ3n) is 3.76. The lowest BCUT2D eigenvalue weighted by Gasteiger charge is -2.31. The number of hydrogen-bond acceptors (Lipinski definition) is 5. The highest BCUT2D eigenvalue weighted by molar-refractivity contribution is 7.90. The lowest BCUT2D eigenvalue weighted by atomic mass is 10.2. The van der Waals surface area contributed by atoms with E-state index in [1.54, 1.807) is 30.3 Å². The number of nitrogens with zero attached hydrogens (tertiary/aromatic N) is 1. The molecule has 24 heavy (non-hydrogen) atoms. The van der Waals surface area contributed by atoms with E-state index >= 15 is 0 Å². The van der Waals surface area contributed by atoms with Crippen LogP contribution in [0.1, 0.15) is 0 Å². The Morgan fingerprint density at radius 2 is 2.04 bits per heavy atom. The molecule has 0 bridgehead atoms. The van der Waals surface area contributed by atoms with Crippen molar-refractivity contribution in [1.29, 1.82) is 0 Å². The minimum atomic E-state index is -3.24. The van der Waals surface area contributed by atoms with Gasteiger partial charge in [-0.05, 0) is 30.3 Å². The van der Waals surface area contributed by atoms with E-state index in [2.05, 4.69) is 4.90 Å². The van der Waals surface area contributed by atoms with E-state index in [0.717, 1.165) is 12.2 Å². The fraction of sp³-hybridized carbons (Fsp3) is 0.294. The molecule has 0 atom stereocenters. The number of hydrogen-bond donors (Lipinski definition) is 0. The first-order valence-corrected chi connectivity index (χ1v) is 9.81. The average molecular weight is 368 g/mol. The van der Waals surface area contributed by atoms with E-state index in [0.29, 0.717) is 36.3 Å². The summed E-state index contributed by atoms with van der Waals surface area (Å²) in [4.78, 5) is 2.40. The van der Waals surface area contributed by atoms with Crippen molar-refractivity contribution in [3.05, 3.63) is 47.5 Å². The van der Waals surface area contributed by atoms with Crippen molar-refractivity contribution in [2.75, 3.05) is 37.5 Å². The van der Waals surface area contributed by atoms with E-state index in [9.17, 15) is 8.42 Å². The van der Waals surface area contributed by atoms with Crippen molar-refractivity contribution in [2.24, 2.45) is 0 Å². The van der Waals surface area contributed by atoms with Gasteiger partial charge >= 0.3 is 0 Å². The largest absolute Gasteiger partial charge is 0.492 e. The number of para-hydroxylation sites is 1. The van der Waals surface area contributed by atoms with Crippen molar-refractivity contribution in [1.82, 2.24) is 0 Å². The van der Waals surface area contributed by atoms with E-state index < -0.39 is 9.84 Å². The molecule has 0 aromatic heterocycles. The maximum absolute atomic E-state index is 11.6. The number of rotatable bonds is 5. The minimum Gasteiger partial charge on any atom is -0.492 e. The van der Waals surface area contributed by atoms with Gasteiger partial charge in [-0.3, -0.25) is 0 Å². The highest BCUT2D eigenvalue weighted by Gasteiger charge is 2.20. The molecule has 1 heterocycles. The number of fused-ring (bicyclic) bond motifs is 1. The van der Waals surface area contributed by atoms with Gasteiger partial charge in [0.2, 0.25) is 0 Å². The van der Waals surface area contributed by atoms with Gasteiger partial charge in [0.25, 0.3) is 0 Å². The number of anilines is 1. The molecule has 0 spiro atoms. The van der Waals surface area contributed by atoms with Crippen molar-refractivity contribution in [2.45, 2.75) is 4.90 Å². The number of benzene rings is 2. The summed E-state index contributed by atoms with van der Waals surface area (Å²) < 4.78 is 34.5. The third kappa shape index (κ3) is 3.76. The predicted molar refractivity (Wildman–Crippen MR) is 94.2 cm³/mol. The molecule has 0 unspecified atom stereocenters. The summed E-state index contributed by atoms with van der Waals surface area (Å²) in [7, 11) is -3.24. The monoisotopic (exact) mass is 367 g/mol.